The predicted molar refractivity (Wildman–Crippen MR) is 95.4 cm³/mol. The summed E-state index contributed by atoms with van der Waals surface area (Å²) in [6.45, 7) is 0.283. The first-order valence-corrected chi connectivity index (χ1v) is 9.24. The maximum Gasteiger partial charge on any atom is 0.231 e. The lowest BCUT2D eigenvalue weighted by atomic mass is 9.96. The van der Waals surface area contributed by atoms with Crippen LogP contribution < -0.4 is 14.8 Å². The highest BCUT2D eigenvalue weighted by Gasteiger charge is 2.19. The van der Waals surface area contributed by atoms with Crippen LogP contribution in [0.5, 0.6) is 11.5 Å². The minimum absolute atomic E-state index is 0.0785. The van der Waals surface area contributed by atoms with E-state index in [4.69, 9.17) is 9.47 Å². The van der Waals surface area contributed by atoms with Gasteiger partial charge in [-0.3, -0.25) is 0 Å². The zero-order valence-electron chi connectivity index (χ0n) is 14.3. The van der Waals surface area contributed by atoms with Crippen molar-refractivity contribution < 1.29 is 14.7 Å². The highest BCUT2D eigenvalue weighted by molar-refractivity contribution is 5.91. The Labute approximate surface area is 144 Å². The van der Waals surface area contributed by atoms with Crippen LogP contribution in [0.1, 0.15) is 64.2 Å². The monoisotopic (exact) mass is 332 g/mol. The average Bonchev–Trinajstić information content (AvgIpc) is 3.05. The van der Waals surface area contributed by atoms with Crippen molar-refractivity contribution in [3.05, 3.63) is 18.2 Å². The number of benzene rings is 1. The van der Waals surface area contributed by atoms with Crippen LogP contribution in [0.2, 0.25) is 0 Å². The Kier molecular flexibility index (Phi) is 6.21. The Morgan fingerprint density at radius 1 is 0.917 bits per heavy atom. The summed E-state index contributed by atoms with van der Waals surface area (Å²) in [5.41, 5.74) is 1.85. The SMILES string of the molecule is O/N=C1/CCCCCCCCCCC1Nc1ccc2c(c1)OCO2. The van der Waals surface area contributed by atoms with E-state index >= 15 is 0 Å². The Morgan fingerprint density at radius 3 is 2.42 bits per heavy atom. The molecule has 1 unspecified atom stereocenters. The Morgan fingerprint density at radius 2 is 1.62 bits per heavy atom. The Hall–Kier alpha value is -1.91. The topological polar surface area (TPSA) is 63.1 Å². The second kappa shape index (κ2) is 8.81. The summed E-state index contributed by atoms with van der Waals surface area (Å²) in [5.74, 6) is 1.56. The fourth-order valence-electron chi connectivity index (χ4n) is 3.52. The quantitative estimate of drug-likeness (QED) is 0.595. The number of anilines is 1. The van der Waals surface area contributed by atoms with Crippen molar-refractivity contribution in [2.75, 3.05) is 12.1 Å². The average molecular weight is 332 g/mol. The van der Waals surface area contributed by atoms with Crippen molar-refractivity contribution in [1.29, 1.82) is 0 Å². The Balaban J connectivity index is 1.68. The highest BCUT2D eigenvalue weighted by atomic mass is 16.7. The van der Waals surface area contributed by atoms with Crippen LogP contribution in [0.3, 0.4) is 0 Å². The summed E-state index contributed by atoms with van der Waals surface area (Å²) in [4.78, 5) is 0. The van der Waals surface area contributed by atoms with E-state index in [-0.39, 0.29) is 12.8 Å². The van der Waals surface area contributed by atoms with Gasteiger partial charge in [-0.15, -0.1) is 0 Å². The van der Waals surface area contributed by atoms with Gasteiger partial charge >= 0.3 is 0 Å². The van der Waals surface area contributed by atoms with Gasteiger partial charge in [0.2, 0.25) is 6.79 Å². The second-order valence-corrected chi connectivity index (χ2v) is 6.72. The van der Waals surface area contributed by atoms with Crippen LogP contribution in [0, 0.1) is 0 Å². The number of hydrogen-bond acceptors (Lipinski definition) is 5. The predicted octanol–water partition coefficient (Wildman–Crippen LogP) is 4.94. The fourth-order valence-corrected chi connectivity index (χ4v) is 3.52. The molecule has 0 spiro atoms. The number of fused-ring (bicyclic) bond motifs is 1. The molecule has 1 aliphatic heterocycles. The first-order valence-electron chi connectivity index (χ1n) is 9.24. The van der Waals surface area contributed by atoms with E-state index in [0.29, 0.717) is 0 Å². The van der Waals surface area contributed by atoms with Gasteiger partial charge in [0.15, 0.2) is 11.5 Å². The van der Waals surface area contributed by atoms with Gasteiger partial charge in [0.25, 0.3) is 0 Å². The largest absolute Gasteiger partial charge is 0.454 e. The van der Waals surface area contributed by atoms with E-state index in [1.807, 2.05) is 18.2 Å². The smallest absolute Gasteiger partial charge is 0.231 e. The molecule has 132 valence electrons. The lowest BCUT2D eigenvalue weighted by Crippen LogP contribution is -2.30. The fraction of sp³-hybridized carbons (Fsp3) is 0.632. The zero-order chi connectivity index (χ0) is 16.6. The van der Waals surface area contributed by atoms with Gasteiger partial charge in [-0.25, -0.2) is 0 Å². The molecular formula is C19H28N2O3. The van der Waals surface area contributed by atoms with Gasteiger partial charge in [0.05, 0.1) is 11.8 Å². The molecule has 1 aromatic rings. The molecule has 5 heteroatoms. The molecule has 0 radical (unpaired) electrons. The minimum atomic E-state index is 0.0785. The number of oxime groups is 1. The molecular weight excluding hydrogens is 304 g/mol. The lowest BCUT2D eigenvalue weighted by Gasteiger charge is -2.22. The van der Waals surface area contributed by atoms with E-state index in [1.54, 1.807) is 0 Å². The first-order chi connectivity index (χ1) is 11.9. The van der Waals surface area contributed by atoms with Crippen molar-refractivity contribution >= 4 is 11.4 Å². The standard InChI is InChI=1S/C19H28N2O3/c22-21-17-10-8-6-4-2-1-3-5-7-9-16(17)20-15-11-12-18-19(13-15)24-14-23-18/h11-13,16,20,22H,1-10,14H2/b21-17-. The van der Waals surface area contributed by atoms with Crippen LogP contribution in [0.4, 0.5) is 5.69 Å². The summed E-state index contributed by atoms with van der Waals surface area (Å²) in [7, 11) is 0. The minimum Gasteiger partial charge on any atom is -0.454 e. The van der Waals surface area contributed by atoms with Gasteiger partial charge in [0.1, 0.15) is 0 Å². The molecule has 0 aromatic heterocycles. The highest BCUT2D eigenvalue weighted by Crippen LogP contribution is 2.34. The molecule has 2 N–H and O–H groups in total. The molecule has 1 aliphatic carbocycles. The summed E-state index contributed by atoms with van der Waals surface area (Å²) < 4.78 is 10.8. The second-order valence-electron chi connectivity index (χ2n) is 6.72. The third-order valence-electron chi connectivity index (χ3n) is 4.92. The van der Waals surface area contributed by atoms with Crippen molar-refractivity contribution in [1.82, 2.24) is 0 Å². The third kappa shape index (κ3) is 4.56. The van der Waals surface area contributed by atoms with E-state index in [1.165, 1.54) is 38.5 Å². The molecule has 1 aromatic carbocycles. The van der Waals surface area contributed by atoms with Crippen molar-refractivity contribution in [2.24, 2.45) is 5.16 Å². The van der Waals surface area contributed by atoms with E-state index in [0.717, 1.165) is 48.6 Å². The summed E-state index contributed by atoms with van der Waals surface area (Å²) in [5, 5.41) is 16.7. The maximum absolute atomic E-state index is 9.50. The zero-order valence-corrected chi connectivity index (χ0v) is 14.3. The van der Waals surface area contributed by atoms with E-state index in [9.17, 15) is 5.21 Å². The number of rotatable bonds is 2. The molecule has 0 amide bonds. The third-order valence-corrected chi connectivity index (χ3v) is 4.92. The Bertz CT molecular complexity index is 560. The molecule has 5 nitrogen and oxygen atoms in total. The summed E-state index contributed by atoms with van der Waals surface area (Å²) in [6.07, 6.45) is 11.9. The van der Waals surface area contributed by atoms with Crippen LogP contribution in [0.15, 0.2) is 23.4 Å². The molecule has 1 saturated carbocycles. The normalized spacial score (nSPS) is 24.2. The molecule has 24 heavy (non-hydrogen) atoms. The first kappa shape index (κ1) is 16.9. The summed E-state index contributed by atoms with van der Waals surface area (Å²) >= 11 is 0. The molecule has 1 fully saturated rings. The molecule has 3 rings (SSSR count). The van der Waals surface area contributed by atoms with Gasteiger partial charge in [-0.1, -0.05) is 50.1 Å². The van der Waals surface area contributed by atoms with Crippen LogP contribution in [-0.2, 0) is 0 Å². The number of hydrogen-bond donors (Lipinski definition) is 2. The molecule has 2 aliphatic rings. The number of nitrogens with one attached hydrogen (secondary N) is 1. The lowest BCUT2D eigenvalue weighted by molar-refractivity contribution is 0.174. The van der Waals surface area contributed by atoms with Crippen molar-refractivity contribution in [2.45, 2.75) is 70.3 Å². The molecule has 1 heterocycles. The summed E-state index contributed by atoms with van der Waals surface area (Å²) in [6, 6.07) is 5.97. The molecule has 0 bridgehead atoms. The number of ether oxygens (including phenoxy) is 2. The van der Waals surface area contributed by atoms with E-state index in [2.05, 4.69) is 10.5 Å². The molecule has 0 saturated heterocycles. The van der Waals surface area contributed by atoms with Gasteiger partial charge in [0, 0.05) is 11.8 Å². The van der Waals surface area contributed by atoms with Gasteiger partial charge in [-0.05, 0) is 31.4 Å². The van der Waals surface area contributed by atoms with Gasteiger partial charge < -0.3 is 20.0 Å². The van der Waals surface area contributed by atoms with Gasteiger partial charge in [-0.2, -0.15) is 0 Å². The van der Waals surface area contributed by atoms with E-state index < -0.39 is 0 Å². The number of nitrogens with zero attached hydrogens (tertiary/aromatic N) is 1. The maximum atomic E-state index is 9.50. The van der Waals surface area contributed by atoms with Crippen molar-refractivity contribution in [3.8, 4) is 11.5 Å². The van der Waals surface area contributed by atoms with Crippen LogP contribution >= 0.6 is 0 Å². The van der Waals surface area contributed by atoms with Crippen LogP contribution in [-0.4, -0.2) is 23.8 Å². The van der Waals surface area contributed by atoms with Crippen molar-refractivity contribution in [3.63, 3.8) is 0 Å². The molecule has 1 atom stereocenters. The van der Waals surface area contributed by atoms with Crippen LogP contribution in [0.25, 0.3) is 0 Å².